The number of esters is 1. The number of hydrogen-bond donors (Lipinski definition) is 1. The molecule has 2 heterocycles. The zero-order chi connectivity index (χ0) is 17.8. The number of aromatic nitrogens is 2. The van der Waals surface area contributed by atoms with Crippen LogP contribution < -0.4 is 16.1 Å². The van der Waals surface area contributed by atoms with Gasteiger partial charge in [0, 0.05) is 31.0 Å². The summed E-state index contributed by atoms with van der Waals surface area (Å²) < 4.78 is 6.19. The highest BCUT2D eigenvalue weighted by molar-refractivity contribution is 5.97. The summed E-state index contributed by atoms with van der Waals surface area (Å²) in [5, 5.41) is 0. The molecule has 8 heteroatoms. The zero-order valence-electron chi connectivity index (χ0n) is 13.4. The maximum absolute atomic E-state index is 12.2. The van der Waals surface area contributed by atoms with Gasteiger partial charge in [0.05, 0.1) is 6.42 Å². The summed E-state index contributed by atoms with van der Waals surface area (Å²) >= 11 is 0. The van der Waals surface area contributed by atoms with Crippen LogP contribution in [0.3, 0.4) is 0 Å². The number of aromatic amines is 1. The molecule has 0 atom stereocenters. The number of ether oxygens (including phenoxy) is 1. The van der Waals surface area contributed by atoms with E-state index in [0.717, 1.165) is 17.7 Å². The standard InChI is InChI=1S/C17H17N3O5/c21-14-6-8-19(17(24)18-14)9-7-16(23)25-11-15(22)20-10-5-12-3-1-2-4-13(12)20/h1-4,6,8H,5,7,9-11H2,(H,18,21,24). The van der Waals surface area contributed by atoms with Gasteiger partial charge in [-0.15, -0.1) is 0 Å². The van der Waals surface area contributed by atoms with Gasteiger partial charge in [0.2, 0.25) is 0 Å². The van der Waals surface area contributed by atoms with Crippen molar-refractivity contribution in [1.82, 2.24) is 9.55 Å². The van der Waals surface area contributed by atoms with Gasteiger partial charge in [0.25, 0.3) is 11.5 Å². The van der Waals surface area contributed by atoms with Gasteiger partial charge in [-0.1, -0.05) is 18.2 Å². The monoisotopic (exact) mass is 343 g/mol. The minimum Gasteiger partial charge on any atom is -0.455 e. The van der Waals surface area contributed by atoms with Crippen LogP contribution in [0.5, 0.6) is 0 Å². The van der Waals surface area contributed by atoms with E-state index in [9.17, 15) is 19.2 Å². The quantitative estimate of drug-likeness (QED) is 0.774. The smallest absolute Gasteiger partial charge is 0.328 e. The van der Waals surface area contributed by atoms with E-state index in [-0.39, 0.29) is 25.5 Å². The Kier molecular flexibility index (Phi) is 4.78. The molecule has 0 saturated heterocycles. The number of para-hydroxylation sites is 1. The number of carbonyl (C=O) groups excluding carboxylic acids is 2. The molecule has 1 aliphatic rings. The Labute approximate surface area is 142 Å². The van der Waals surface area contributed by atoms with E-state index in [2.05, 4.69) is 4.98 Å². The Morgan fingerprint density at radius 2 is 1.96 bits per heavy atom. The number of aryl methyl sites for hydroxylation is 1. The van der Waals surface area contributed by atoms with Gasteiger partial charge in [-0.3, -0.25) is 19.4 Å². The van der Waals surface area contributed by atoms with E-state index in [1.165, 1.54) is 16.8 Å². The molecule has 0 bridgehead atoms. The third-order valence-corrected chi connectivity index (χ3v) is 4.00. The predicted molar refractivity (Wildman–Crippen MR) is 89.4 cm³/mol. The molecular formula is C17H17N3O5. The zero-order valence-corrected chi connectivity index (χ0v) is 13.4. The van der Waals surface area contributed by atoms with Gasteiger partial charge in [-0.2, -0.15) is 0 Å². The predicted octanol–water partition coefficient (Wildman–Crippen LogP) is 0.0592. The molecule has 2 aromatic rings. The van der Waals surface area contributed by atoms with Crippen LogP contribution in [0, 0.1) is 0 Å². The van der Waals surface area contributed by atoms with Gasteiger partial charge in [0.15, 0.2) is 6.61 Å². The molecule has 25 heavy (non-hydrogen) atoms. The molecule has 0 radical (unpaired) electrons. The highest BCUT2D eigenvalue weighted by Crippen LogP contribution is 2.27. The molecule has 1 aromatic heterocycles. The Bertz CT molecular complexity index is 915. The molecule has 0 saturated carbocycles. The first-order valence-electron chi connectivity index (χ1n) is 7.88. The molecule has 1 aliphatic heterocycles. The van der Waals surface area contributed by atoms with Crippen LogP contribution in [0.1, 0.15) is 12.0 Å². The van der Waals surface area contributed by atoms with Gasteiger partial charge >= 0.3 is 11.7 Å². The third-order valence-electron chi connectivity index (χ3n) is 4.00. The Balaban J connectivity index is 1.50. The van der Waals surface area contributed by atoms with Gasteiger partial charge < -0.3 is 14.2 Å². The minimum atomic E-state index is -0.593. The third kappa shape index (κ3) is 3.85. The number of carbonyl (C=O) groups is 2. The second-order valence-electron chi connectivity index (χ2n) is 5.64. The maximum Gasteiger partial charge on any atom is 0.328 e. The van der Waals surface area contributed by atoms with E-state index >= 15 is 0 Å². The molecule has 1 amide bonds. The first-order valence-corrected chi connectivity index (χ1v) is 7.88. The summed E-state index contributed by atoms with van der Waals surface area (Å²) in [5.74, 6) is -0.863. The van der Waals surface area contributed by atoms with E-state index in [4.69, 9.17) is 4.74 Å². The number of anilines is 1. The number of H-pyrrole nitrogens is 1. The fourth-order valence-electron chi connectivity index (χ4n) is 2.72. The lowest BCUT2D eigenvalue weighted by Gasteiger charge is -2.17. The maximum atomic E-state index is 12.2. The Morgan fingerprint density at radius 1 is 1.16 bits per heavy atom. The van der Waals surface area contributed by atoms with Crippen LogP contribution in [-0.4, -0.2) is 34.6 Å². The summed E-state index contributed by atoms with van der Waals surface area (Å²) in [4.78, 5) is 50.2. The van der Waals surface area contributed by atoms with Crippen molar-refractivity contribution in [3.05, 3.63) is 62.9 Å². The van der Waals surface area contributed by atoms with Gasteiger partial charge in [-0.25, -0.2) is 4.79 Å². The van der Waals surface area contributed by atoms with Crippen LogP contribution in [-0.2, 0) is 27.3 Å². The second kappa shape index (κ2) is 7.16. The van der Waals surface area contributed by atoms with Gasteiger partial charge in [0.1, 0.15) is 0 Å². The van der Waals surface area contributed by atoms with Crippen LogP contribution in [0.4, 0.5) is 5.69 Å². The molecule has 1 N–H and O–H groups in total. The van der Waals surface area contributed by atoms with Gasteiger partial charge in [-0.05, 0) is 18.1 Å². The lowest BCUT2D eigenvalue weighted by molar-refractivity contribution is -0.148. The van der Waals surface area contributed by atoms with Crippen molar-refractivity contribution in [2.75, 3.05) is 18.1 Å². The van der Waals surface area contributed by atoms with E-state index in [1.54, 1.807) is 4.90 Å². The number of amides is 1. The lowest BCUT2D eigenvalue weighted by atomic mass is 10.2. The fourth-order valence-corrected chi connectivity index (χ4v) is 2.72. The number of hydrogen-bond acceptors (Lipinski definition) is 5. The van der Waals surface area contributed by atoms with Crippen LogP contribution >= 0.6 is 0 Å². The highest BCUT2D eigenvalue weighted by atomic mass is 16.5. The summed E-state index contributed by atoms with van der Waals surface area (Å²) in [6.45, 7) is 0.297. The van der Waals surface area contributed by atoms with Crippen molar-refractivity contribution in [1.29, 1.82) is 0 Å². The summed E-state index contributed by atoms with van der Waals surface area (Å²) in [6, 6.07) is 8.81. The van der Waals surface area contributed by atoms with Crippen molar-refractivity contribution >= 4 is 17.6 Å². The summed E-state index contributed by atoms with van der Waals surface area (Å²) in [7, 11) is 0. The first kappa shape index (κ1) is 16.7. The summed E-state index contributed by atoms with van der Waals surface area (Å²) in [6.07, 6.45) is 2.02. The Hall–Kier alpha value is -3.16. The first-order chi connectivity index (χ1) is 12.0. The van der Waals surface area contributed by atoms with Crippen LogP contribution in [0.25, 0.3) is 0 Å². The highest BCUT2D eigenvalue weighted by Gasteiger charge is 2.24. The molecule has 0 unspecified atom stereocenters. The van der Waals surface area contributed by atoms with Crippen LogP contribution in [0.15, 0.2) is 46.1 Å². The molecule has 0 fully saturated rings. The average Bonchev–Trinajstić information content (AvgIpc) is 3.03. The van der Waals surface area contributed by atoms with Crippen LogP contribution in [0.2, 0.25) is 0 Å². The molecule has 8 nitrogen and oxygen atoms in total. The molecule has 130 valence electrons. The second-order valence-corrected chi connectivity index (χ2v) is 5.64. The number of rotatable bonds is 5. The molecule has 0 spiro atoms. The normalized spacial score (nSPS) is 12.7. The van der Waals surface area contributed by atoms with Crippen molar-refractivity contribution < 1.29 is 14.3 Å². The van der Waals surface area contributed by atoms with Crippen molar-refractivity contribution in [2.24, 2.45) is 0 Å². The average molecular weight is 343 g/mol. The van der Waals surface area contributed by atoms with E-state index in [0.29, 0.717) is 6.54 Å². The lowest BCUT2D eigenvalue weighted by Crippen LogP contribution is -2.33. The van der Waals surface area contributed by atoms with Crippen molar-refractivity contribution in [3.8, 4) is 0 Å². The molecular weight excluding hydrogens is 326 g/mol. The SMILES string of the molecule is O=C(CCn1ccc(=O)[nH]c1=O)OCC(=O)N1CCc2ccccc21. The minimum absolute atomic E-state index is 0.0647. The van der Waals surface area contributed by atoms with E-state index in [1.807, 2.05) is 24.3 Å². The number of nitrogens with one attached hydrogen (secondary N) is 1. The molecule has 3 rings (SSSR count). The van der Waals surface area contributed by atoms with E-state index < -0.39 is 17.2 Å². The topological polar surface area (TPSA) is 101 Å². The van der Waals surface area contributed by atoms with Crippen molar-refractivity contribution in [3.63, 3.8) is 0 Å². The summed E-state index contributed by atoms with van der Waals surface area (Å²) in [5.41, 5.74) is 0.855. The Morgan fingerprint density at radius 3 is 2.76 bits per heavy atom. The number of fused-ring (bicyclic) bond motifs is 1. The number of benzene rings is 1. The largest absolute Gasteiger partial charge is 0.455 e. The van der Waals surface area contributed by atoms with Crippen molar-refractivity contribution in [2.45, 2.75) is 19.4 Å². The molecule has 1 aromatic carbocycles. The molecule has 0 aliphatic carbocycles. The number of nitrogens with zero attached hydrogens (tertiary/aromatic N) is 2. The fraction of sp³-hybridized carbons (Fsp3) is 0.294.